The van der Waals surface area contributed by atoms with Crippen molar-refractivity contribution in [1.29, 1.82) is 0 Å². The number of likely N-dealkylation sites (tertiary alicyclic amines) is 1. The highest BCUT2D eigenvalue weighted by Crippen LogP contribution is 2.39. The van der Waals surface area contributed by atoms with Crippen LogP contribution in [0.1, 0.15) is 19.3 Å². The van der Waals surface area contributed by atoms with Gasteiger partial charge in [0.05, 0.1) is 6.10 Å². The van der Waals surface area contributed by atoms with Gasteiger partial charge >= 0.3 is 0 Å². The van der Waals surface area contributed by atoms with E-state index in [2.05, 4.69) is 11.9 Å². The molecule has 3 unspecified atom stereocenters. The first-order chi connectivity index (χ1) is 5.33. The van der Waals surface area contributed by atoms with Gasteiger partial charge in [-0.15, -0.1) is 0 Å². The lowest BCUT2D eigenvalue weighted by Gasteiger charge is -2.23. The van der Waals surface area contributed by atoms with E-state index in [0.29, 0.717) is 6.10 Å². The molecule has 2 nitrogen and oxygen atoms in total. The predicted molar refractivity (Wildman–Crippen MR) is 52.7 cm³/mol. The van der Waals surface area contributed by atoms with Gasteiger partial charge in [-0.3, -0.25) is 0 Å². The lowest BCUT2D eigenvalue weighted by atomic mass is 10.0. The maximum Gasteiger partial charge on any atom is 0.110 e. The van der Waals surface area contributed by atoms with Gasteiger partial charge in [0.2, 0.25) is 0 Å². The van der Waals surface area contributed by atoms with E-state index < -0.39 is 0 Å². The number of hydrogen-bond donors (Lipinski definition) is 0. The molecule has 0 spiro atoms. The van der Waals surface area contributed by atoms with E-state index in [0.717, 1.165) is 12.0 Å². The van der Waals surface area contributed by atoms with Crippen LogP contribution in [0.5, 0.6) is 0 Å². The van der Waals surface area contributed by atoms with Gasteiger partial charge in [-0.25, -0.2) is 0 Å². The Morgan fingerprint density at radius 3 is 2.91 bits per heavy atom. The molecule has 0 aromatic rings. The smallest absolute Gasteiger partial charge is 0.110 e. The number of halogens is 1. The van der Waals surface area contributed by atoms with Crippen LogP contribution in [0.15, 0.2) is 0 Å². The van der Waals surface area contributed by atoms with Crippen LogP contribution < -0.4 is 0 Å². The highest BCUT2D eigenvalue weighted by Gasteiger charge is 2.42. The Kier molecular flexibility index (Phi) is 2.39. The molecule has 2 aliphatic rings. The largest absolute Gasteiger partial charge is 0.311 e. The molecule has 3 heteroatoms. The van der Waals surface area contributed by atoms with Gasteiger partial charge < -0.3 is 7.97 Å². The summed E-state index contributed by atoms with van der Waals surface area (Å²) in [6.45, 7) is 1.27. The third-order valence-corrected chi connectivity index (χ3v) is 3.82. The van der Waals surface area contributed by atoms with E-state index in [9.17, 15) is 0 Å². The summed E-state index contributed by atoms with van der Waals surface area (Å²) in [6, 6.07) is 0.729. The minimum Gasteiger partial charge on any atom is -0.311 e. The molecule has 0 amide bonds. The second-order valence-electron chi connectivity index (χ2n) is 3.72. The normalized spacial score (nSPS) is 44.7. The van der Waals surface area contributed by atoms with Crippen molar-refractivity contribution in [3.63, 3.8) is 0 Å². The lowest BCUT2D eigenvalue weighted by Crippen LogP contribution is -2.35. The van der Waals surface area contributed by atoms with Crippen molar-refractivity contribution in [2.75, 3.05) is 13.6 Å². The molecular weight excluding hydrogens is 253 g/mol. The topological polar surface area (TPSA) is 12.5 Å². The van der Waals surface area contributed by atoms with Gasteiger partial charge in [0.1, 0.15) is 23.0 Å². The third kappa shape index (κ3) is 1.31. The van der Waals surface area contributed by atoms with Crippen molar-refractivity contribution in [1.82, 2.24) is 4.90 Å². The maximum atomic E-state index is 5.42. The minimum atomic E-state index is 0.507. The Morgan fingerprint density at radius 2 is 2.18 bits per heavy atom. The molecular formula is C8H14INO. The molecule has 0 aromatic heterocycles. The van der Waals surface area contributed by atoms with E-state index in [1.54, 1.807) is 0 Å². The summed E-state index contributed by atoms with van der Waals surface area (Å²) in [7, 11) is 2.22. The van der Waals surface area contributed by atoms with Crippen LogP contribution in [0.4, 0.5) is 0 Å². The monoisotopic (exact) mass is 267 g/mol. The predicted octanol–water partition coefficient (Wildman–Crippen LogP) is 1.84. The fourth-order valence-corrected chi connectivity index (χ4v) is 3.15. The summed E-state index contributed by atoms with van der Waals surface area (Å²) in [6.07, 6.45) is 4.54. The number of fused-ring (bicyclic) bond motifs is 1. The molecule has 1 aliphatic heterocycles. The average Bonchev–Trinajstić information content (AvgIpc) is 2.54. The molecule has 0 radical (unpaired) electrons. The van der Waals surface area contributed by atoms with Crippen LogP contribution in [0.25, 0.3) is 0 Å². The SMILES string of the molecule is CN1CCC2CCC(OI)C21. The van der Waals surface area contributed by atoms with E-state index in [1.807, 2.05) is 23.0 Å². The number of rotatable bonds is 1. The molecule has 3 atom stereocenters. The van der Waals surface area contributed by atoms with Crippen molar-refractivity contribution in [3.05, 3.63) is 0 Å². The van der Waals surface area contributed by atoms with E-state index in [-0.39, 0.29) is 0 Å². The van der Waals surface area contributed by atoms with Crippen molar-refractivity contribution < 1.29 is 3.07 Å². The first-order valence-electron chi connectivity index (χ1n) is 4.30. The number of nitrogens with zero attached hydrogens (tertiary/aromatic N) is 1. The first kappa shape index (κ1) is 8.26. The molecule has 1 saturated heterocycles. The van der Waals surface area contributed by atoms with Gasteiger partial charge in [0, 0.05) is 6.04 Å². The molecule has 1 heterocycles. The molecule has 1 saturated carbocycles. The van der Waals surface area contributed by atoms with Crippen LogP contribution >= 0.6 is 23.0 Å². The van der Waals surface area contributed by atoms with Gasteiger partial charge in [0.25, 0.3) is 0 Å². The highest BCUT2D eigenvalue weighted by molar-refractivity contribution is 14.1. The van der Waals surface area contributed by atoms with Gasteiger partial charge in [0.15, 0.2) is 0 Å². The Bertz CT molecular complexity index is 153. The maximum absolute atomic E-state index is 5.42. The highest BCUT2D eigenvalue weighted by atomic mass is 127. The summed E-state index contributed by atoms with van der Waals surface area (Å²) >= 11 is 2.05. The zero-order valence-corrected chi connectivity index (χ0v) is 8.95. The molecule has 0 N–H and O–H groups in total. The molecule has 2 rings (SSSR count). The average molecular weight is 267 g/mol. The minimum absolute atomic E-state index is 0.507. The quantitative estimate of drug-likeness (QED) is 0.672. The summed E-state index contributed by atoms with van der Waals surface area (Å²) in [4.78, 5) is 2.46. The van der Waals surface area contributed by atoms with E-state index in [1.165, 1.54) is 25.8 Å². The van der Waals surface area contributed by atoms with Gasteiger partial charge in [-0.1, -0.05) is 0 Å². The third-order valence-electron chi connectivity index (χ3n) is 3.16. The van der Waals surface area contributed by atoms with Crippen molar-refractivity contribution in [2.45, 2.75) is 31.4 Å². The van der Waals surface area contributed by atoms with Crippen molar-refractivity contribution in [2.24, 2.45) is 5.92 Å². The standard InChI is InChI=1S/C8H14INO/c1-10-5-4-6-2-3-7(11-9)8(6)10/h6-8H,2-5H2,1H3. The fourth-order valence-electron chi connectivity index (χ4n) is 2.60. The molecule has 0 aromatic carbocycles. The zero-order chi connectivity index (χ0) is 7.84. The second kappa shape index (κ2) is 3.18. The summed E-state index contributed by atoms with van der Waals surface area (Å²) in [5, 5.41) is 0. The molecule has 11 heavy (non-hydrogen) atoms. The van der Waals surface area contributed by atoms with Crippen LogP contribution in [0, 0.1) is 5.92 Å². The summed E-state index contributed by atoms with van der Waals surface area (Å²) in [5.74, 6) is 0.930. The van der Waals surface area contributed by atoms with Crippen molar-refractivity contribution in [3.8, 4) is 0 Å². The van der Waals surface area contributed by atoms with E-state index in [4.69, 9.17) is 3.07 Å². The Hall–Kier alpha value is 0.650. The summed E-state index contributed by atoms with van der Waals surface area (Å²) < 4.78 is 5.42. The molecule has 64 valence electrons. The molecule has 0 bridgehead atoms. The first-order valence-corrected chi connectivity index (χ1v) is 5.18. The number of hydrogen-bond acceptors (Lipinski definition) is 2. The fraction of sp³-hybridized carbons (Fsp3) is 1.00. The second-order valence-corrected chi connectivity index (χ2v) is 4.23. The van der Waals surface area contributed by atoms with Crippen LogP contribution in [-0.2, 0) is 3.07 Å². The Balaban J connectivity index is 2.07. The molecule has 1 aliphatic carbocycles. The zero-order valence-electron chi connectivity index (χ0n) is 6.79. The Labute approximate surface area is 82.0 Å². The number of likely N-dealkylation sites (N-methyl/N-ethyl adjacent to an activating group) is 1. The van der Waals surface area contributed by atoms with Crippen molar-refractivity contribution >= 4 is 23.0 Å². The van der Waals surface area contributed by atoms with Crippen LogP contribution in [0.3, 0.4) is 0 Å². The summed E-state index contributed by atoms with van der Waals surface area (Å²) in [5.41, 5.74) is 0. The lowest BCUT2D eigenvalue weighted by molar-refractivity contribution is 0.161. The van der Waals surface area contributed by atoms with Crippen LogP contribution in [0.2, 0.25) is 0 Å². The van der Waals surface area contributed by atoms with E-state index >= 15 is 0 Å². The molecule has 2 fully saturated rings. The van der Waals surface area contributed by atoms with Crippen LogP contribution in [-0.4, -0.2) is 30.6 Å². The van der Waals surface area contributed by atoms with Gasteiger partial charge in [-0.05, 0) is 38.8 Å². The Morgan fingerprint density at radius 1 is 1.36 bits per heavy atom. The van der Waals surface area contributed by atoms with Gasteiger partial charge in [-0.2, -0.15) is 0 Å².